The second-order valence-electron chi connectivity index (χ2n) is 4.66. The van der Waals surface area contributed by atoms with Gasteiger partial charge >= 0.3 is 5.97 Å². The first-order valence-corrected chi connectivity index (χ1v) is 7.42. The molecule has 1 aliphatic heterocycles. The summed E-state index contributed by atoms with van der Waals surface area (Å²) in [6, 6.07) is 2.94. The Hall–Kier alpha value is -1.68. The molecule has 1 aromatic carbocycles. The summed E-state index contributed by atoms with van der Waals surface area (Å²) in [5.41, 5.74) is 2.66. The molecule has 1 aliphatic rings. The van der Waals surface area contributed by atoms with E-state index in [4.69, 9.17) is 0 Å². The van der Waals surface area contributed by atoms with Crippen molar-refractivity contribution in [3.8, 4) is 0 Å². The lowest BCUT2D eigenvalue weighted by Crippen LogP contribution is -2.14. The molecule has 1 N–H and O–H groups in total. The van der Waals surface area contributed by atoms with Crippen molar-refractivity contribution in [2.24, 2.45) is 0 Å². The minimum Gasteiger partial charge on any atom is -0.465 e. The van der Waals surface area contributed by atoms with E-state index in [0.717, 1.165) is 37.1 Å². The van der Waals surface area contributed by atoms with Crippen molar-refractivity contribution in [2.45, 2.75) is 33.6 Å². The molecule has 0 saturated heterocycles. The van der Waals surface area contributed by atoms with Crippen LogP contribution in [0.4, 0.5) is 4.39 Å². The van der Waals surface area contributed by atoms with Crippen LogP contribution in [0.2, 0.25) is 0 Å². The van der Waals surface area contributed by atoms with E-state index < -0.39 is 5.97 Å². The molecule has 1 aromatic rings. The molecule has 0 saturated carbocycles. The van der Waals surface area contributed by atoms with Crippen molar-refractivity contribution < 1.29 is 13.9 Å². The Morgan fingerprint density at radius 1 is 1.29 bits per heavy atom. The van der Waals surface area contributed by atoms with E-state index >= 15 is 0 Å². The van der Waals surface area contributed by atoms with E-state index in [2.05, 4.69) is 16.1 Å². The van der Waals surface area contributed by atoms with Crippen LogP contribution in [0.5, 0.6) is 0 Å². The smallest absolute Gasteiger partial charge is 0.337 e. The van der Waals surface area contributed by atoms with Crippen molar-refractivity contribution >= 4 is 11.5 Å². The fraction of sp³-hybridized carbons (Fsp3) is 0.471. The maximum absolute atomic E-state index is 14.3. The third kappa shape index (κ3) is 4.39. The van der Waals surface area contributed by atoms with Crippen molar-refractivity contribution in [1.29, 1.82) is 0 Å². The summed E-state index contributed by atoms with van der Waals surface area (Å²) >= 11 is 0. The summed E-state index contributed by atoms with van der Waals surface area (Å²) < 4.78 is 18.9. The normalized spacial score (nSPS) is 14.4. The van der Waals surface area contributed by atoms with Crippen LogP contribution in [-0.4, -0.2) is 26.2 Å². The van der Waals surface area contributed by atoms with Gasteiger partial charge in [0.1, 0.15) is 5.82 Å². The lowest BCUT2D eigenvalue weighted by atomic mass is 9.95. The number of hydrogen-bond acceptors (Lipinski definition) is 3. The van der Waals surface area contributed by atoms with Gasteiger partial charge in [0.05, 0.1) is 12.7 Å². The first kappa shape index (κ1) is 17.4. The Bertz CT molecular complexity index is 501. The highest BCUT2D eigenvalue weighted by atomic mass is 19.1. The Kier molecular flexibility index (Phi) is 7.09. The monoisotopic (exact) mass is 293 g/mol. The predicted octanol–water partition coefficient (Wildman–Crippen LogP) is 3.71. The minimum absolute atomic E-state index is 0.258. The van der Waals surface area contributed by atoms with Gasteiger partial charge < -0.3 is 10.1 Å². The third-order valence-corrected chi connectivity index (χ3v) is 3.31. The minimum atomic E-state index is -0.509. The summed E-state index contributed by atoms with van der Waals surface area (Å²) in [5, 5.41) is 3.28. The molecular formula is C17H24FNO2. The summed E-state index contributed by atoms with van der Waals surface area (Å²) in [7, 11) is 1.29. The van der Waals surface area contributed by atoms with Crippen LogP contribution in [0.3, 0.4) is 0 Å². The predicted molar refractivity (Wildman–Crippen MR) is 83.9 cm³/mol. The lowest BCUT2D eigenvalue weighted by Gasteiger charge is -2.12. The zero-order chi connectivity index (χ0) is 15.8. The molecule has 0 aliphatic carbocycles. The summed E-state index contributed by atoms with van der Waals surface area (Å²) in [6.07, 6.45) is 3.77. The zero-order valence-electron chi connectivity index (χ0n) is 13.3. The molecule has 21 heavy (non-hydrogen) atoms. The van der Waals surface area contributed by atoms with Crippen LogP contribution in [0.1, 0.15) is 48.2 Å². The topological polar surface area (TPSA) is 38.3 Å². The van der Waals surface area contributed by atoms with Crippen LogP contribution in [0.25, 0.3) is 5.57 Å². The van der Waals surface area contributed by atoms with Gasteiger partial charge in [-0.3, -0.25) is 0 Å². The SMILES string of the molecule is CC.COC(=O)c1cc(C)c(C2=CCCNCC2)c(F)c1. The van der Waals surface area contributed by atoms with Crippen molar-refractivity contribution in [2.75, 3.05) is 20.2 Å². The molecule has 0 aromatic heterocycles. The standard InChI is InChI=1S/C15H18FNO2.C2H6/c1-10-8-12(15(18)19-2)9-13(16)14(10)11-4-3-6-17-7-5-11;1-2/h4,8-9,17H,3,5-7H2,1-2H3;1-2H3. The highest BCUT2D eigenvalue weighted by molar-refractivity contribution is 5.90. The molecule has 4 heteroatoms. The number of methoxy groups -OCH3 is 1. The average Bonchev–Trinajstić information content (AvgIpc) is 2.77. The molecule has 2 rings (SSSR count). The molecule has 1 heterocycles. The van der Waals surface area contributed by atoms with Gasteiger partial charge in [-0.15, -0.1) is 0 Å². The van der Waals surface area contributed by atoms with Gasteiger partial charge in [0.2, 0.25) is 0 Å². The first-order chi connectivity index (χ1) is 10.1. The summed E-state index contributed by atoms with van der Waals surface area (Å²) in [4.78, 5) is 11.4. The number of esters is 1. The Morgan fingerprint density at radius 3 is 2.62 bits per heavy atom. The number of nitrogens with one attached hydrogen (secondary N) is 1. The maximum atomic E-state index is 14.3. The number of carbonyl (C=O) groups is 1. The van der Waals surface area contributed by atoms with Gasteiger partial charge in [-0.05, 0) is 56.1 Å². The van der Waals surface area contributed by atoms with Crippen molar-refractivity contribution in [3.05, 3.63) is 40.7 Å². The lowest BCUT2D eigenvalue weighted by molar-refractivity contribution is 0.0600. The van der Waals surface area contributed by atoms with Gasteiger partial charge in [-0.2, -0.15) is 0 Å². The van der Waals surface area contributed by atoms with Crippen LogP contribution in [0.15, 0.2) is 18.2 Å². The van der Waals surface area contributed by atoms with E-state index in [1.165, 1.54) is 13.2 Å². The zero-order valence-corrected chi connectivity index (χ0v) is 13.3. The molecule has 0 fully saturated rings. The molecular weight excluding hydrogens is 269 g/mol. The number of aryl methyl sites for hydroxylation is 1. The number of carbonyl (C=O) groups excluding carboxylic acids is 1. The van der Waals surface area contributed by atoms with E-state index in [1.54, 1.807) is 6.07 Å². The number of benzene rings is 1. The molecule has 0 amide bonds. The van der Waals surface area contributed by atoms with E-state index in [-0.39, 0.29) is 11.4 Å². The van der Waals surface area contributed by atoms with Crippen LogP contribution in [-0.2, 0) is 4.74 Å². The van der Waals surface area contributed by atoms with E-state index in [9.17, 15) is 9.18 Å². The highest BCUT2D eigenvalue weighted by Crippen LogP contribution is 2.27. The second-order valence-corrected chi connectivity index (χ2v) is 4.66. The van der Waals surface area contributed by atoms with E-state index in [1.807, 2.05) is 20.8 Å². The fourth-order valence-corrected chi connectivity index (χ4v) is 2.41. The molecule has 116 valence electrons. The summed E-state index contributed by atoms with van der Waals surface area (Å²) in [6.45, 7) is 7.60. The van der Waals surface area contributed by atoms with Gasteiger partial charge in [0.15, 0.2) is 0 Å². The first-order valence-electron chi connectivity index (χ1n) is 7.42. The fourth-order valence-electron chi connectivity index (χ4n) is 2.41. The molecule has 0 spiro atoms. The largest absolute Gasteiger partial charge is 0.465 e. The number of hydrogen-bond donors (Lipinski definition) is 1. The Balaban J connectivity index is 0.00000106. The quantitative estimate of drug-likeness (QED) is 0.845. The molecule has 0 radical (unpaired) electrons. The van der Waals surface area contributed by atoms with Crippen molar-refractivity contribution in [3.63, 3.8) is 0 Å². The van der Waals surface area contributed by atoms with Gasteiger partial charge in [0.25, 0.3) is 0 Å². The maximum Gasteiger partial charge on any atom is 0.337 e. The second kappa shape index (κ2) is 8.57. The van der Waals surface area contributed by atoms with Crippen LogP contribution in [0, 0.1) is 12.7 Å². The Morgan fingerprint density at radius 2 is 2.00 bits per heavy atom. The average molecular weight is 293 g/mol. The highest BCUT2D eigenvalue weighted by Gasteiger charge is 2.16. The number of rotatable bonds is 2. The Labute approximate surface area is 126 Å². The van der Waals surface area contributed by atoms with Gasteiger partial charge in [0, 0.05) is 5.56 Å². The number of halogens is 1. The molecule has 0 atom stereocenters. The molecule has 0 unspecified atom stereocenters. The van der Waals surface area contributed by atoms with Gasteiger partial charge in [-0.1, -0.05) is 19.9 Å². The number of ether oxygens (including phenoxy) is 1. The third-order valence-electron chi connectivity index (χ3n) is 3.31. The van der Waals surface area contributed by atoms with Crippen molar-refractivity contribution in [1.82, 2.24) is 5.32 Å². The van der Waals surface area contributed by atoms with E-state index in [0.29, 0.717) is 5.56 Å². The van der Waals surface area contributed by atoms with Crippen LogP contribution >= 0.6 is 0 Å². The molecule has 0 bridgehead atoms. The molecule has 3 nitrogen and oxygen atoms in total. The van der Waals surface area contributed by atoms with Crippen LogP contribution < -0.4 is 5.32 Å². The van der Waals surface area contributed by atoms with Gasteiger partial charge in [-0.25, -0.2) is 9.18 Å². The summed E-state index contributed by atoms with van der Waals surface area (Å²) in [5.74, 6) is -0.862.